The number of nitrogens with one attached hydrogen (secondary N) is 2. The lowest BCUT2D eigenvalue weighted by Crippen LogP contribution is -2.51. The zero-order valence-electron chi connectivity index (χ0n) is 22.2. The van der Waals surface area contributed by atoms with Gasteiger partial charge in [-0.25, -0.2) is 4.79 Å². The van der Waals surface area contributed by atoms with Crippen LogP contribution in [0.5, 0.6) is 0 Å². The summed E-state index contributed by atoms with van der Waals surface area (Å²) in [7, 11) is 0. The van der Waals surface area contributed by atoms with Crippen molar-refractivity contribution >= 4 is 47.0 Å². The van der Waals surface area contributed by atoms with Crippen molar-refractivity contribution in [2.24, 2.45) is 0 Å². The van der Waals surface area contributed by atoms with Crippen molar-refractivity contribution in [2.45, 2.75) is 52.3 Å². The second-order valence-electron chi connectivity index (χ2n) is 10.0. The largest absolute Gasteiger partial charge is 0.444 e. The van der Waals surface area contributed by atoms with Gasteiger partial charge in [-0.05, 0) is 68.7 Å². The number of benzene rings is 3. The van der Waals surface area contributed by atoms with Crippen molar-refractivity contribution in [2.75, 3.05) is 11.1 Å². The zero-order valence-corrected chi connectivity index (χ0v) is 23.1. The van der Waals surface area contributed by atoms with Gasteiger partial charge in [0.1, 0.15) is 17.7 Å². The Morgan fingerprint density at radius 2 is 1.71 bits per heavy atom. The molecule has 198 valence electrons. The highest BCUT2D eigenvalue weighted by molar-refractivity contribution is 7.80. The van der Waals surface area contributed by atoms with Gasteiger partial charge in [0.15, 0.2) is 0 Å². The molecular weight excluding hydrogens is 498 g/mol. The molecule has 3 rings (SSSR count). The number of rotatable bonds is 7. The zero-order chi connectivity index (χ0) is 28.0. The minimum atomic E-state index is -1.16. The van der Waals surface area contributed by atoms with Gasteiger partial charge in [0, 0.05) is 17.5 Å². The maximum Gasteiger partial charge on any atom is 0.408 e. The molecule has 0 spiro atoms. The van der Waals surface area contributed by atoms with Crippen LogP contribution in [-0.4, -0.2) is 40.2 Å². The van der Waals surface area contributed by atoms with Gasteiger partial charge in [-0.2, -0.15) is 12.6 Å². The van der Waals surface area contributed by atoms with Crippen LogP contribution in [-0.2, 0) is 14.3 Å². The van der Waals surface area contributed by atoms with Crippen LogP contribution in [0.3, 0.4) is 0 Å². The van der Waals surface area contributed by atoms with Gasteiger partial charge in [0.25, 0.3) is 11.8 Å². The topological polar surface area (TPSA) is 87.7 Å². The molecule has 0 radical (unpaired) electrons. The fraction of sp³-hybridized carbons (Fsp3) is 0.300. The van der Waals surface area contributed by atoms with Crippen LogP contribution in [0.25, 0.3) is 10.8 Å². The molecule has 0 saturated heterocycles. The number of amides is 3. The van der Waals surface area contributed by atoms with Gasteiger partial charge in [0.2, 0.25) is 0 Å². The first-order valence-electron chi connectivity index (χ1n) is 12.2. The van der Waals surface area contributed by atoms with Crippen LogP contribution in [0.2, 0.25) is 0 Å². The molecule has 3 amide bonds. The fourth-order valence-electron chi connectivity index (χ4n) is 4.08. The molecule has 0 saturated carbocycles. The summed E-state index contributed by atoms with van der Waals surface area (Å²) >= 11 is 4.24. The van der Waals surface area contributed by atoms with Gasteiger partial charge in [-0.15, -0.1) is 0 Å². The molecule has 0 heterocycles. The molecule has 3 aromatic carbocycles. The average molecular weight is 532 g/mol. The van der Waals surface area contributed by atoms with E-state index in [-0.39, 0.29) is 5.75 Å². The van der Waals surface area contributed by atoms with Crippen molar-refractivity contribution in [1.29, 1.82) is 0 Å². The van der Waals surface area contributed by atoms with E-state index in [0.29, 0.717) is 11.3 Å². The minimum Gasteiger partial charge on any atom is -0.444 e. The predicted octanol–water partition coefficient (Wildman–Crippen LogP) is 5.38. The van der Waals surface area contributed by atoms with Gasteiger partial charge in [-0.3, -0.25) is 14.5 Å². The molecule has 38 heavy (non-hydrogen) atoms. The number of fused-ring (bicyclic) bond motifs is 1. The molecule has 2 N–H and O–H groups in total. The standard InChI is InChI=1S/C30H33N3O4S/c1-7-33(28(35)25(18-38)32-29(36)37-30(4,5)6)26(24-15-12-19(2)16-20(24)3)27(34)31-23-14-13-21-10-8-9-11-22(21)17-23/h1,8-17,25-26,38H,18H2,2-6H3,(H,31,34)(H,32,36). The van der Waals surface area contributed by atoms with Gasteiger partial charge < -0.3 is 15.4 Å². The lowest BCUT2D eigenvalue weighted by Gasteiger charge is -2.30. The third-order valence-corrected chi connectivity index (χ3v) is 6.16. The molecule has 3 aromatic rings. The van der Waals surface area contributed by atoms with Gasteiger partial charge in [0.05, 0.1) is 0 Å². The highest BCUT2D eigenvalue weighted by atomic mass is 32.1. The summed E-state index contributed by atoms with van der Waals surface area (Å²) in [5.41, 5.74) is 2.15. The Kier molecular flexibility index (Phi) is 9.08. The highest BCUT2D eigenvalue weighted by Gasteiger charge is 2.36. The molecule has 0 fully saturated rings. The molecule has 0 aliphatic heterocycles. The lowest BCUT2D eigenvalue weighted by molar-refractivity contribution is -0.136. The first-order valence-corrected chi connectivity index (χ1v) is 12.8. The number of carbonyl (C=O) groups is 3. The number of aryl methyl sites for hydroxylation is 2. The van der Waals surface area contributed by atoms with E-state index in [1.165, 1.54) is 0 Å². The van der Waals surface area contributed by atoms with E-state index in [1.54, 1.807) is 32.9 Å². The van der Waals surface area contributed by atoms with Crippen molar-refractivity contribution in [3.63, 3.8) is 0 Å². The van der Waals surface area contributed by atoms with Crippen LogP contribution >= 0.6 is 12.6 Å². The number of alkyl carbamates (subject to hydrolysis) is 1. The van der Waals surface area contributed by atoms with E-state index in [9.17, 15) is 14.4 Å². The molecule has 0 aliphatic carbocycles. The molecular formula is C30H33N3O4S. The number of terminal acetylenes is 1. The Morgan fingerprint density at radius 3 is 2.32 bits per heavy atom. The number of nitrogens with zero attached hydrogens (tertiary/aromatic N) is 1. The van der Waals surface area contributed by atoms with E-state index in [0.717, 1.165) is 26.8 Å². The number of anilines is 1. The fourth-order valence-corrected chi connectivity index (χ4v) is 4.32. The van der Waals surface area contributed by atoms with Crippen molar-refractivity contribution in [3.8, 4) is 12.5 Å². The van der Waals surface area contributed by atoms with Gasteiger partial charge >= 0.3 is 6.09 Å². The smallest absolute Gasteiger partial charge is 0.408 e. The minimum absolute atomic E-state index is 0.0534. The molecule has 7 nitrogen and oxygen atoms in total. The molecule has 2 unspecified atom stereocenters. The maximum absolute atomic E-state index is 13.8. The molecule has 0 aliphatic rings. The Morgan fingerprint density at radius 1 is 1.03 bits per heavy atom. The first-order chi connectivity index (χ1) is 17.9. The Labute approximate surface area is 229 Å². The SMILES string of the molecule is C#CN(C(=O)C(CS)NC(=O)OC(C)(C)C)C(C(=O)Nc1ccc2ccccc2c1)c1ccc(C)cc1C. The molecule has 0 aromatic heterocycles. The van der Waals surface area contributed by atoms with Crippen molar-refractivity contribution < 1.29 is 19.1 Å². The quantitative estimate of drug-likeness (QED) is 0.217. The lowest BCUT2D eigenvalue weighted by atomic mass is 9.96. The van der Waals surface area contributed by atoms with E-state index in [1.807, 2.05) is 62.4 Å². The Hall–Kier alpha value is -3.96. The Balaban J connectivity index is 1.97. The third kappa shape index (κ3) is 7.08. The summed E-state index contributed by atoms with van der Waals surface area (Å²) in [6.07, 6.45) is 5.04. The third-order valence-electron chi connectivity index (χ3n) is 5.79. The molecule has 0 bridgehead atoms. The molecule has 8 heteroatoms. The summed E-state index contributed by atoms with van der Waals surface area (Å²) < 4.78 is 5.29. The van der Waals surface area contributed by atoms with E-state index in [2.05, 4.69) is 29.3 Å². The molecule has 2 atom stereocenters. The number of ether oxygens (including phenoxy) is 1. The summed E-state index contributed by atoms with van der Waals surface area (Å²) in [4.78, 5) is 40.8. The summed E-state index contributed by atoms with van der Waals surface area (Å²) in [5, 5.41) is 7.42. The van der Waals surface area contributed by atoms with Crippen LogP contribution in [0.1, 0.15) is 43.5 Å². The average Bonchev–Trinajstić information content (AvgIpc) is 2.84. The van der Waals surface area contributed by atoms with Crippen LogP contribution < -0.4 is 10.6 Å². The first kappa shape index (κ1) is 28.6. The Bertz CT molecular complexity index is 1390. The van der Waals surface area contributed by atoms with E-state index in [4.69, 9.17) is 11.2 Å². The van der Waals surface area contributed by atoms with Crippen molar-refractivity contribution in [1.82, 2.24) is 10.2 Å². The second kappa shape index (κ2) is 12.1. The number of carbonyl (C=O) groups excluding carboxylic acids is 3. The monoisotopic (exact) mass is 531 g/mol. The normalized spacial score (nSPS) is 12.7. The van der Waals surface area contributed by atoms with Gasteiger partial charge in [-0.1, -0.05) is 60.5 Å². The number of hydrogen-bond acceptors (Lipinski definition) is 5. The highest BCUT2D eigenvalue weighted by Crippen LogP contribution is 2.28. The summed E-state index contributed by atoms with van der Waals surface area (Å²) in [6, 6.07) is 19.0. The van der Waals surface area contributed by atoms with E-state index >= 15 is 0 Å². The number of hydrogen-bond donors (Lipinski definition) is 3. The van der Waals surface area contributed by atoms with E-state index < -0.39 is 35.6 Å². The van der Waals surface area contributed by atoms with Crippen LogP contribution in [0, 0.1) is 26.3 Å². The number of thiol groups is 1. The second-order valence-corrected chi connectivity index (χ2v) is 10.4. The predicted molar refractivity (Wildman–Crippen MR) is 154 cm³/mol. The van der Waals surface area contributed by atoms with Crippen LogP contribution in [0.4, 0.5) is 10.5 Å². The van der Waals surface area contributed by atoms with Crippen LogP contribution in [0.15, 0.2) is 60.7 Å². The maximum atomic E-state index is 13.8. The summed E-state index contributed by atoms with van der Waals surface area (Å²) in [6.45, 7) is 8.93. The summed E-state index contributed by atoms with van der Waals surface area (Å²) in [5.74, 6) is -1.21. The van der Waals surface area contributed by atoms with Crippen molar-refractivity contribution in [3.05, 3.63) is 77.4 Å².